The number of anilines is 1. The quantitative estimate of drug-likeness (QED) is 0.413. The minimum Gasteiger partial charge on any atom is -0.475 e. The summed E-state index contributed by atoms with van der Waals surface area (Å²) in [6.45, 7) is 7.61. The molecule has 1 aliphatic heterocycles. The van der Waals surface area contributed by atoms with Gasteiger partial charge in [0.2, 0.25) is 5.88 Å². The van der Waals surface area contributed by atoms with Crippen molar-refractivity contribution in [1.82, 2.24) is 4.98 Å². The first-order valence-corrected chi connectivity index (χ1v) is 10.2. The lowest BCUT2D eigenvalue weighted by molar-refractivity contribution is 0.0537. The molecule has 1 saturated heterocycles. The van der Waals surface area contributed by atoms with Crippen molar-refractivity contribution in [3.8, 4) is 5.88 Å². The van der Waals surface area contributed by atoms with E-state index in [0.29, 0.717) is 57.9 Å². The first-order chi connectivity index (χ1) is 14.7. The fourth-order valence-electron chi connectivity index (χ4n) is 3.06. The summed E-state index contributed by atoms with van der Waals surface area (Å²) in [6, 6.07) is 12.1. The lowest BCUT2D eigenvalue weighted by atomic mass is 10.1. The van der Waals surface area contributed by atoms with Gasteiger partial charge in [0.25, 0.3) is 0 Å². The zero-order valence-corrected chi connectivity index (χ0v) is 17.7. The van der Waals surface area contributed by atoms with Crippen molar-refractivity contribution in [1.29, 1.82) is 0 Å². The molecule has 30 heavy (non-hydrogen) atoms. The molecule has 1 fully saturated rings. The highest BCUT2D eigenvalue weighted by molar-refractivity contribution is 5.55. The predicted octanol–water partition coefficient (Wildman–Crippen LogP) is 3.55. The molecule has 0 amide bonds. The lowest BCUT2D eigenvalue weighted by Crippen LogP contribution is -2.36. The summed E-state index contributed by atoms with van der Waals surface area (Å²) in [5.41, 5.74) is 3.33. The van der Waals surface area contributed by atoms with Crippen LogP contribution in [-0.4, -0.2) is 64.8 Å². The van der Waals surface area contributed by atoms with Gasteiger partial charge in [-0.1, -0.05) is 29.8 Å². The molecule has 0 spiro atoms. The van der Waals surface area contributed by atoms with Gasteiger partial charge in [-0.15, -0.1) is 5.11 Å². The zero-order chi connectivity index (χ0) is 21.0. The van der Waals surface area contributed by atoms with Gasteiger partial charge in [0.1, 0.15) is 6.61 Å². The third-order valence-electron chi connectivity index (χ3n) is 4.57. The van der Waals surface area contributed by atoms with Gasteiger partial charge < -0.3 is 23.8 Å². The Labute approximate surface area is 177 Å². The van der Waals surface area contributed by atoms with Crippen LogP contribution in [0, 0.1) is 6.92 Å². The number of benzene rings is 1. The highest BCUT2D eigenvalue weighted by Crippen LogP contribution is 2.26. The Morgan fingerprint density at radius 1 is 1.07 bits per heavy atom. The van der Waals surface area contributed by atoms with E-state index in [1.54, 1.807) is 7.11 Å². The number of ether oxygens (including phenoxy) is 4. The number of aromatic nitrogens is 1. The molecule has 8 nitrogen and oxygen atoms in total. The molecule has 162 valence electrons. The van der Waals surface area contributed by atoms with E-state index in [4.69, 9.17) is 18.9 Å². The Morgan fingerprint density at radius 3 is 2.70 bits per heavy atom. The van der Waals surface area contributed by atoms with Gasteiger partial charge in [-0.3, -0.25) is 0 Å². The second-order valence-electron chi connectivity index (χ2n) is 6.96. The van der Waals surface area contributed by atoms with Gasteiger partial charge in [-0.05, 0) is 12.5 Å². The summed E-state index contributed by atoms with van der Waals surface area (Å²) in [6.07, 6.45) is 0. The van der Waals surface area contributed by atoms with Crippen LogP contribution in [0.4, 0.5) is 11.5 Å². The maximum atomic E-state index is 5.80. The minimum atomic E-state index is 0.406. The predicted molar refractivity (Wildman–Crippen MR) is 115 cm³/mol. The first kappa shape index (κ1) is 22.1. The molecule has 0 radical (unpaired) electrons. The van der Waals surface area contributed by atoms with Crippen molar-refractivity contribution < 1.29 is 18.9 Å². The highest BCUT2D eigenvalue weighted by Gasteiger charge is 2.14. The van der Waals surface area contributed by atoms with Crippen LogP contribution >= 0.6 is 0 Å². The van der Waals surface area contributed by atoms with E-state index in [2.05, 4.69) is 39.2 Å². The van der Waals surface area contributed by atoms with E-state index >= 15 is 0 Å². The molecular formula is C22H30N4O4. The van der Waals surface area contributed by atoms with Crippen molar-refractivity contribution in [3.05, 3.63) is 47.5 Å². The molecule has 0 N–H and O–H groups in total. The van der Waals surface area contributed by atoms with Gasteiger partial charge in [0.15, 0.2) is 5.82 Å². The van der Waals surface area contributed by atoms with E-state index in [1.165, 1.54) is 5.56 Å². The second kappa shape index (κ2) is 12.2. The Hall–Kier alpha value is -2.55. The van der Waals surface area contributed by atoms with Gasteiger partial charge in [-0.25, -0.2) is 0 Å². The fraction of sp³-hybridized carbons (Fsp3) is 0.500. The largest absolute Gasteiger partial charge is 0.475 e. The SMILES string of the molecule is COCCOCCOc1cc(N2CCOCC2)cc(N=NCc2cccc(C)c2)n1. The van der Waals surface area contributed by atoms with Crippen LogP contribution in [0.5, 0.6) is 5.88 Å². The normalized spacial score (nSPS) is 14.4. The number of aryl methyl sites for hydroxylation is 1. The Morgan fingerprint density at radius 2 is 1.90 bits per heavy atom. The Balaban J connectivity index is 1.66. The molecule has 3 rings (SSSR count). The summed E-state index contributed by atoms with van der Waals surface area (Å²) in [5.74, 6) is 1.04. The Kier molecular flexibility index (Phi) is 9.02. The van der Waals surface area contributed by atoms with E-state index in [1.807, 2.05) is 24.3 Å². The van der Waals surface area contributed by atoms with Gasteiger partial charge in [-0.2, -0.15) is 10.1 Å². The van der Waals surface area contributed by atoms with Crippen LogP contribution in [-0.2, 0) is 20.8 Å². The number of azo groups is 1. The third kappa shape index (κ3) is 7.37. The van der Waals surface area contributed by atoms with Crippen LogP contribution in [0.3, 0.4) is 0 Å². The molecule has 1 aromatic heterocycles. The summed E-state index contributed by atoms with van der Waals surface area (Å²) in [7, 11) is 1.65. The van der Waals surface area contributed by atoms with E-state index in [9.17, 15) is 0 Å². The molecule has 0 aliphatic carbocycles. The monoisotopic (exact) mass is 414 g/mol. The number of hydrogen-bond donors (Lipinski definition) is 0. The van der Waals surface area contributed by atoms with Crippen LogP contribution in [0.15, 0.2) is 46.6 Å². The second-order valence-corrected chi connectivity index (χ2v) is 6.96. The number of nitrogens with zero attached hydrogens (tertiary/aromatic N) is 4. The molecule has 0 bridgehead atoms. The molecule has 0 unspecified atom stereocenters. The van der Waals surface area contributed by atoms with Crippen LogP contribution in [0.2, 0.25) is 0 Å². The van der Waals surface area contributed by atoms with Gasteiger partial charge >= 0.3 is 0 Å². The molecule has 1 aliphatic rings. The van der Waals surface area contributed by atoms with E-state index < -0.39 is 0 Å². The van der Waals surface area contributed by atoms with Crippen molar-refractivity contribution >= 4 is 11.5 Å². The lowest BCUT2D eigenvalue weighted by Gasteiger charge is -2.29. The number of rotatable bonds is 11. The Bertz CT molecular complexity index is 809. The number of pyridine rings is 1. The van der Waals surface area contributed by atoms with Crippen LogP contribution in [0.25, 0.3) is 0 Å². The van der Waals surface area contributed by atoms with Crippen molar-refractivity contribution in [2.24, 2.45) is 10.2 Å². The molecule has 0 atom stereocenters. The third-order valence-corrected chi connectivity index (χ3v) is 4.57. The molecule has 2 heterocycles. The zero-order valence-electron chi connectivity index (χ0n) is 17.7. The molecule has 8 heteroatoms. The molecule has 1 aromatic carbocycles. The van der Waals surface area contributed by atoms with Gasteiger partial charge in [0, 0.05) is 38.0 Å². The number of morpholine rings is 1. The van der Waals surface area contributed by atoms with Gasteiger partial charge in [0.05, 0.1) is 39.6 Å². The maximum absolute atomic E-state index is 5.80. The summed E-state index contributed by atoms with van der Waals surface area (Å²) >= 11 is 0. The topological polar surface area (TPSA) is 77.8 Å². The molecular weight excluding hydrogens is 384 g/mol. The van der Waals surface area contributed by atoms with Crippen molar-refractivity contribution in [2.75, 3.05) is 64.7 Å². The molecule has 0 saturated carbocycles. The van der Waals surface area contributed by atoms with E-state index in [-0.39, 0.29) is 0 Å². The number of methoxy groups -OCH3 is 1. The standard InChI is InChI=1S/C22H30N4O4/c1-18-4-3-5-19(14-18)17-23-25-21-15-20(26-6-8-28-9-7-26)16-22(24-21)30-13-12-29-11-10-27-2/h3-5,14-16H,6-13,17H2,1-2H3. The summed E-state index contributed by atoms with van der Waals surface area (Å²) in [4.78, 5) is 6.73. The smallest absolute Gasteiger partial charge is 0.217 e. The summed E-state index contributed by atoms with van der Waals surface area (Å²) < 4.78 is 21.7. The van der Waals surface area contributed by atoms with Crippen molar-refractivity contribution in [2.45, 2.75) is 13.5 Å². The van der Waals surface area contributed by atoms with Crippen LogP contribution in [0.1, 0.15) is 11.1 Å². The molecule has 2 aromatic rings. The first-order valence-electron chi connectivity index (χ1n) is 10.2. The fourth-order valence-corrected chi connectivity index (χ4v) is 3.06. The minimum absolute atomic E-state index is 0.406. The average molecular weight is 415 g/mol. The maximum Gasteiger partial charge on any atom is 0.217 e. The van der Waals surface area contributed by atoms with Crippen LogP contribution < -0.4 is 9.64 Å². The average Bonchev–Trinajstić information content (AvgIpc) is 2.77. The van der Waals surface area contributed by atoms with Crippen molar-refractivity contribution in [3.63, 3.8) is 0 Å². The number of hydrogen-bond acceptors (Lipinski definition) is 8. The highest BCUT2D eigenvalue weighted by atomic mass is 16.5. The van der Waals surface area contributed by atoms with E-state index in [0.717, 1.165) is 24.3 Å². The summed E-state index contributed by atoms with van der Waals surface area (Å²) in [5, 5.41) is 8.68.